The number of hydrazone groups is 1. The van der Waals surface area contributed by atoms with Crippen LogP contribution in [0.2, 0.25) is 0 Å². The third-order valence-electron chi connectivity index (χ3n) is 4.84. The second-order valence-electron chi connectivity index (χ2n) is 7.12. The van der Waals surface area contributed by atoms with E-state index in [2.05, 4.69) is 10.5 Å². The Hall–Kier alpha value is -3.96. The SMILES string of the molecule is Cc1ccc(N(CC(=O)NN=Cc2ccc(C#N)cc2)S(=O)(=O)c2ccccc2)cc1C. The summed E-state index contributed by atoms with van der Waals surface area (Å²) in [5, 5.41) is 12.7. The van der Waals surface area contributed by atoms with Crippen LogP contribution in [0.15, 0.2) is 82.8 Å². The smallest absolute Gasteiger partial charge is 0.264 e. The predicted octanol–water partition coefficient (Wildman–Crippen LogP) is 3.52. The number of hydrogen-bond donors (Lipinski definition) is 1. The Balaban J connectivity index is 1.83. The average Bonchev–Trinajstić information content (AvgIpc) is 2.80. The number of nitrogens with zero attached hydrogens (tertiary/aromatic N) is 3. The van der Waals surface area contributed by atoms with Crippen LogP contribution in [0.5, 0.6) is 0 Å². The molecular formula is C24H22N4O3S. The monoisotopic (exact) mass is 446 g/mol. The maximum atomic E-state index is 13.3. The van der Waals surface area contributed by atoms with Crippen LogP contribution < -0.4 is 9.73 Å². The fourth-order valence-corrected chi connectivity index (χ4v) is 4.34. The Morgan fingerprint density at radius 2 is 1.72 bits per heavy atom. The molecule has 32 heavy (non-hydrogen) atoms. The zero-order valence-corrected chi connectivity index (χ0v) is 18.5. The third kappa shape index (κ3) is 5.39. The summed E-state index contributed by atoms with van der Waals surface area (Å²) in [6.45, 7) is 3.37. The normalized spacial score (nSPS) is 11.2. The van der Waals surface area contributed by atoms with E-state index in [1.807, 2.05) is 26.0 Å². The molecule has 162 valence electrons. The summed E-state index contributed by atoms with van der Waals surface area (Å²) in [5.74, 6) is -0.590. The van der Waals surface area contributed by atoms with Gasteiger partial charge in [-0.3, -0.25) is 9.10 Å². The van der Waals surface area contributed by atoms with Crippen molar-refractivity contribution in [1.82, 2.24) is 5.43 Å². The van der Waals surface area contributed by atoms with Gasteiger partial charge in [0.2, 0.25) is 0 Å². The van der Waals surface area contributed by atoms with Crippen LogP contribution in [0.3, 0.4) is 0 Å². The molecule has 8 heteroatoms. The van der Waals surface area contributed by atoms with Gasteiger partial charge in [0.25, 0.3) is 15.9 Å². The fourth-order valence-electron chi connectivity index (χ4n) is 2.90. The van der Waals surface area contributed by atoms with Gasteiger partial charge in [-0.15, -0.1) is 0 Å². The highest BCUT2D eigenvalue weighted by molar-refractivity contribution is 7.92. The molecule has 7 nitrogen and oxygen atoms in total. The van der Waals surface area contributed by atoms with Crippen molar-refractivity contribution in [1.29, 1.82) is 5.26 Å². The second kappa shape index (κ2) is 9.90. The van der Waals surface area contributed by atoms with Gasteiger partial charge in [-0.05, 0) is 66.9 Å². The molecule has 0 aliphatic rings. The number of rotatable bonds is 7. The van der Waals surface area contributed by atoms with Gasteiger partial charge in [0.1, 0.15) is 6.54 Å². The molecule has 0 fully saturated rings. The van der Waals surface area contributed by atoms with E-state index in [0.717, 1.165) is 15.4 Å². The minimum Gasteiger partial charge on any atom is -0.271 e. The highest BCUT2D eigenvalue weighted by atomic mass is 32.2. The third-order valence-corrected chi connectivity index (χ3v) is 6.63. The molecule has 1 amide bonds. The minimum atomic E-state index is -3.97. The number of amides is 1. The van der Waals surface area contributed by atoms with Crippen LogP contribution in [-0.4, -0.2) is 27.1 Å². The van der Waals surface area contributed by atoms with Crippen LogP contribution in [0.4, 0.5) is 5.69 Å². The average molecular weight is 447 g/mol. The Morgan fingerprint density at radius 3 is 2.34 bits per heavy atom. The maximum Gasteiger partial charge on any atom is 0.264 e. The van der Waals surface area contributed by atoms with Crippen molar-refractivity contribution in [3.8, 4) is 6.07 Å². The maximum absolute atomic E-state index is 13.3. The number of anilines is 1. The molecule has 3 aromatic carbocycles. The van der Waals surface area contributed by atoms with Crippen molar-refractivity contribution in [2.75, 3.05) is 10.8 Å². The first-order valence-corrected chi connectivity index (χ1v) is 11.2. The van der Waals surface area contributed by atoms with E-state index >= 15 is 0 Å². The summed E-state index contributed by atoms with van der Waals surface area (Å²) in [7, 11) is -3.97. The van der Waals surface area contributed by atoms with Gasteiger partial charge < -0.3 is 0 Å². The molecule has 3 rings (SSSR count). The van der Waals surface area contributed by atoms with Crippen molar-refractivity contribution in [2.24, 2.45) is 5.10 Å². The highest BCUT2D eigenvalue weighted by Crippen LogP contribution is 2.25. The van der Waals surface area contributed by atoms with Gasteiger partial charge in [0.15, 0.2) is 0 Å². The van der Waals surface area contributed by atoms with E-state index in [1.54, 1.807) is 54.6 Å². The lowest BCUT2D eigenvalue weighted by Crippen LogP contribution is -2.39. The highest BCUT2D eigenvalue weighted by Gasteiger charge is 2.27. The lowest BCUT2D eigenvalue weighted by Gasteiger charge is -2.24. The molecule has 0 aliphatic heterocycles. The van der Waals surface area contributed by atoms with Gasteiger partial charge >= 0.3 is 0 Å². The van der Waals surface area contributed by atoms with E-state index in [0.29, 0.717) is 16.8 Å². The molecule has 0 spiro atoms. The molecular weight excluding hydrogens is 424 g/mol. The lowest BCUT2D eigenvalue weighted by molar-refractivity contribution is -0.119. The number of aryl methyl sites for hydroxylation is 2. The zero-order valence-electron chi connectivity index (χ0n) is 17.7. The van der Waals surface area contributed by atoms with Crippen molar-refractivity contribution in [3.63, 3.8) is 0 Å². The summed E-state index contributed by atoms with van der Waals surface area (Å²) >= 11 is 0. The Kier molecular flexibility index (Phi) is 7.03. The number of carbonyl (C=O) groups excluding carboxylic acids is 1. The molecule has 0 bridgehead atoms. The van der Waals surface area contributed by atoms with Crippen molar-refractivity contribution in [2.45, 2.75) is 18.7 Å². The summed E-state index contributed by atoms with van der Waals surface area (Å²) in [6.07, 6.45) is 1.42. The first-order chi connectivity index (χ1) is 15.3. The molecule has 0 aliphatic carbocycles. The number of nitriles is 1. The zero-order chi connectivity index (χ0) is 23.1. The fraction of sp³-hybridized carbons (Fsp3) is 0.125. The number of benzene rings is 3. The molecule has 3 aromatic rings. The van der Waals surface area contributed by atoms with Crippen LogP contribution in [0.1, 0.15) is 22.3 Å². The molecule has 0 atom stereocenters. The summed E-state index contributed by atoms with van der Waals surface area (Å²) in [4.78, 5) is 12.7. The first-order valence-electron chi connectivity index (χ1n) is 9.78. The van der Waals surface area contributed by atoms with Gasteiger partial charge in [-0.1, -0.05) is 36.4 Å². The van der Waals surface area contributed by atoms with Gasteiger partial charge in [0, 0.05) is 0 Å². The number of sulfonamides is 1. The second-order valence-corrected chi connectivity index (χ2v) is 8.98. The number of hydrogen-bond acceptors (Lipinski definition) is 5. The molecule has 0 saturated carbocycles. The molecule has 0 saturated heterocycles. The summed E-state index contributed by atoms with van der Waals surface area (Å²) in [6, 6.07) is 21.9. The van der Waals surface area contributed by atoms with E-state index in [9.17, 15) is 13.2 Å². The first kappa shape index (κ1) is 22.7. The largest absolute Gasteiger partial charge is 0.271 e. The quantitative estimate of drug-likeness (QED) is 0.443. The lowest BCUT2D eigenvalue weighted by atomic mass is 10.1. The van der Waals surface area contributed by atoms with Crippen molar-refractivity contribution < 1.29 is 13.2 Å². The van der Waals surface area contributed by atoms with Crippen molar-refractivity contribution >= 4 is 27.8 Å². The van der Waals surface area contributed by atoms with Gasteiger partial charge in [-0.25, -0.2) is 13.8 Å². The number of nitrogens with one attached hydrogen (secondary N) is 1. The van der Waals surface area contributed by atoms with E-state index in [4.69, 9.17) is 5.26 Å². The predicted molar refractivity (Wildman–Crippen MR) is 124 cm³/mol. The van der Waals surface area contributed by atoms with Crippen LogP contribution in [0.25, 0.3) is 0 Å². The van der Waals surface area contributed by atoms with Gasteiger partial charge in [-0.2, -0.15) is 10.4 Å². The topological polar surface area (TPSA) is 103 Å². The standard InChI is InChI=1S/C24H22N4O3S/c1-18-8-13-22(14-19(18)2)28(32(30,31)23-6-4-3-5-7-23)17-24(29)27-26-16-21-11-9-20(15-25)10-12-21/h3-14,16H,17H2,1-2H3,(H,27,29). The summed E-state index contributed by atoms with van der Waals surface area (Å²) < 4.78 is 27.7. The molecule has 1 N–H and O–H groups in total. The molecule has 0 unspecified atom stereocenters. The molecule has 0 heterocycles. The van der Waals surface area contributed by atoms with E-state index in [-0.39, 0.29) is 4.90 Å². The van der Waals surface area contributed by atoms with E-state index < -0.39 is 22.5 Å². The Labute approximate surface area is 187 Å². The van der Waals surface area contributed by atoms with Crippen LogP contribution >= 0.6 is 0 Å². The minimum absolute atomic E-state index is 0.0899. The summed E-state index contributed by atoms with van der Waals surface area (Å²) in [5.41, 5.74) is 5.89. The number of carbonyl (C=O) groups is 1. The molecule has 0 radical (unpaired) electrons. The van der Waals surface area contributed by atoms with Crippen LogP contribution in [-0.2, 0) is 14.8 Å². The van der Waals surface area contributed by atoms with Crippen molar-refractivity contribution in [3.05, 3.63) is 95.1 Å². The van der Waals surface area contributed by atoms with Gasteiger partial charge in [0.05, 0.1) is 28.4 Å². The van der Waals surface area contributed by atoms with E-state index in [1.165, 1.54) is 18.3 Å². The Bertz CT molecular complexity index is 1280. The Morgan fingerprint density at radius 1 is 1.03 bits per heavy atom. The molecule has 0 aromatic heterocycles. The van der Waals surface area contributed by atoms with Crippen LogP contribution in [0, 0.1) is 25.2 Å².